The Hall–Kier alpha value is -1.56. The zero-order valence-electron chi connectivity index (χ0n) is 14.0. The Labute approximate surface area is 151 Å². The standard InChI is InChI=1S/C17H20Cl2N4O/c1-4-7-21-9-22(15-6-5-13(18)8-14(15)19)17-20-12(3)11(2)16(24)23(17)10-21/h5-6,8H,4,7,9-10H2,1-3H3. The topological polar surface area (TPSA) is 41.4 Å². The Morgan fingerprint density at radius 2 is 1.96 bits per heavy atom. The number of aromatic nitrogens is 2. The van der Waals surface area contributed by atoms with E-state index in [0.717, 1.165) is 24.3 Å². The van der Waals surface area contributed by atoms with Crippen LogP contribution in [0.3, 0.4) is 0 Å². The normalized spacial score (nSPS) is 14.8. The molecule has 0 amide bonds. The molecule has 1 aromatic heterocycles. The van der Waals surface area contributed by atoms with Crippen molar-refractivity contribution in [1.82, 2.24) is 14.5 Å². The summed E-state index contributed by atoms with van der Waals surface area (Å²) in [6.45, 7) is 7.85. The van der Waals surface area contributed by atoms with Crippen LogP contribution in [0, 0.1) is 13.8 Å². The molecule has 3 rings (SSSR count). The molecule has 1 aliphatic rings. The van der Waals surface area contributed by atoms with E-state index in [1.165, 1.54) is 0 Å². The minimum Gasteiger partial charge on any atom is -0.297 e. The number of aryl methyl sites for hydroxylation is 1. The quantitative estimate of drug-likeness (QED) is 0.824. The minimum atomic E-state index is -0.00612. The van der Waals surface area contributed by atoms with Gasteiger partial charge in [-0.3, -0.25) is 19.2 Å². The first kappa shape index (κ1) is 17.3. The lowest BCUT2D eigenvalue weighted by Crippen LogP contribution is -2.48. The summed E-state index contributed by atoms with van der Waals surface area (Å²) in [5.74, 6) is 0.625. The van der Waals surface area contributed by atoms with Crippen molar-refractivity contribution in [2.45, 2.75) is 33.9 Å². The fourth-order valence-electron chi connectivity index (χ4n) is 2.93. The van der Waals surface area contributed by atoms with Gasteiger partial charge < -0.3 is 0 Å². The van der Waals surface area contributed by atoms with Crippen molar-refractivity contribution in [1.29, 1.82) is 0 Å². The van der Waals surface area contributed by atoms with Crippen LogP contribution in [-0.4, -0.2) is 27.7 Å². The fourth-order valence-corrected chi connectivity index (χ4v) is 3.44. The Morgan fingerprint density at radius 3 is 2.62 bits per heavy atom. The first-order chi connectivity index (χ1) is 11.4. The van der Waals surface area contributed by atoms with Gasteiger partial charge in [0.25, 0.3) is 5.56 Å². The van der Waals surface area contributed by atoms with Crippen LogP contribution in [0.15, 0.2) is 23.0 Å². The summed E-state index contributed by atoms with van der Waals surface area (Å²) in [5.41, 5.74) is 2.21. The van der Waals surface area contributed by atoms with Crippen LogP contribution in [0.25, 0.3) is 0 Å². The van der Waals surface area contributed by atoms with Gasteiger partial charge in [0, 0.05) is 22.8 Å². The second-order valence-electron chi connectivity index (χ2n) is 6.06. The van der Waals surface area contributed by atoms with Gasteiger partial charge in [0.05, 0.1) is 24.0 Å². The molecule has 0 N–H and O–H groups in total. The Balaban J connectivity index is 2.18. The first-order valence-corrected chi connectivity index (χ1v) is 8.71. The van der Waals surface area contributed by atoms with Gasteiger partial charge in [-0.2, -0.15) is 0 Å². The molecule has 1 aliphatic heterocycles. The van der Waals surface area contributed by atoms with Gasteiger partial charge in [-0.05, 0) is 38.5 Å². The van der Waals surface area contributed by atoms with Crippen LogP contribution in [0.4, 0.5) is 11.6 Å². The number of rotatable bonds is 3. The molecule has 5 nitrogen and oxygen atoms in total. The number of nitrogens with zero attached hydrogens (tertiary/aromatic N) is 4. The largest absolute Gasteiger partial charge is 0.297 e. The van der Waals surface area contributed by atoms with E-state index in [9.17, 15) is 4.79 Å². The van der Waals surface area contributed by atoms with Crippen LogP contribution in [0.1, 0.15) is 24.6 Å². The number of halogens is 2. The summed E-state index contributed by atoms with van der Waals surface area (Å²) < 4.78 is 1.71. The lowest BCUT2D eigenvalue weighted by molar-refractivity contribution is 0.198. The number of hydrogen-bond donors (Lipinski definition) is 0. The maximum absolute atomic E-state index is 12.7. The lowest BCUT2D eigenvalue weighted by Gasteiger charge is -2.38. The average molecular weight is 367 g/mol. The molecular weight excluding hydrogens is 347 g/mol. The van der Waals surface area contributed by atoms with Crippen LogP contribution < -0.4 is 10.5 Å². The highest BCUT2D eigenvalue weighted by Gasteiger charge is 2.27. The van der Waals surface area contributed by atoms with Crippen molar-refractivity contribution >= 4 is 34.8 Å². The zero-order chi connectivity index (χ0) is 17.4. The highest BCUT2D eigenvalue weighted by atomic mass is 35.5. The minimum absolute atomic E-state index is 0.00612. The third kappa shape index (κ3) is 3.04. The van der Waals surface area contributed by atoms with Gasteiger partial charge in [-0.1, -0.05) is 30.1 Å². The Kier molecular flexibility index (Phi) is 4.85. The monoisotopic (exact) mass is 366 g/mol. The van der Waals surface area contributed by atoms with E-state index < -0.39 is 0 Å². The molecule has 2 aromatic rings. The van der Waals surface area contributed by atoms with E-state index in [1.54, 1.807) is 16.7 Å². The summed E-state index contributed by atoms with van der Waals surface area (Å²) in [6, 6.07) is 5.37. The van der Waals surface area contributed by atoms with Crippen molar-refractivity contribution in [3.8, 4) is 0 Å². The van der Waals surface area contributed by atoms with Gasteiger partial charge in [-0.15, -0.1) is 0 Å². The number of anilines is 2. The fraction of sp³-hybridized carbons (Fsp3) is 0.412. The molecule has 24 heavy (non-hydrogen) atoms. The summed E-state index contributed by atoms with van der Waals surface area (Å²) in [6.07, 6.45) is 1.00. The van der Waals surface area contributed by atoms with Gasteiger partial charge >= 0.3 is 0 Å². The molecule has 0 spiro atoms. The van der Waals surface area contributed by atoms with Gasteiger partial charge in [-0.25, -0.2) is 4.98 Å². The van der Waals surface area contributed by atoms with Crippen molar-refractivity contribution in [2.75, 3.05) is 18.1 Å². The van der Waals surface area contributed by atoms with E-state index in [-0.39, 0.29) is 5.56 Å². The average Bonchev–Trinajstić information content (AvgIpc) is 2.53. The van der Waals surface area contributed by atoms with E-state index in [4.69, 9.17) is 23.2 Å². The molecule has 0 unspecified atom stereocenters. The Morgan fingerprint density at radius 1 is 1.21 bits per heavy atom. The zero-order valence-corrected chi connectivity index (χ0v) is 15.5. The second kappa shape index (κ2) is 6.75. The highest BCUT2D eigenvalue weighted by Crippen LogP contribution is 2.34. The number of hydrogen-bond acceptors (Lipinski definition) is 4. The van der Waals surface area contributed by atoms with E-state index in [2.05, 4.69) is 16.8 Å². The predicted octanol–water partition coefficient (Wildman–Crippen LogP) is 3.95. The molecule has 0 aliphatic carbocycles. The molecule has 0 atom stereocenters. The van der Waals surface area contributed by atoms with E-state index in [1.807, 2.05) is 24.8 Å². The number of benzene rings is 1. The Bertz CT molecular complexity index is 834. The van der Waals surface area contributed by atoms with E-state index in [0.29, 0.717) is 34.9 Å². The maximum atomic E-state index is 12.7. The van der Waals surface area contributed by atoms with Crippen LogP contribution >= 0.6 is 23.2 Å². The molecule has 0 fully saturated rings. The summed E-state index contributed by atoms with van der Waals surface area (Å²) >= 11 is 12.4. The third-order valence-electron chi connectivity index (χ3n) is 4.28. The van der Waals surface area contributed by atoms with Crippen molar-refractivity contribution in [3.05, 3.63) is 49.9 Å². The molecule has 128 valence electrons. The van der Waals surface area contributed by atoms with Crippen LogP contribution in [0.2, 0.25) is 10.0 Å². The van der Waals surface area contributed by atoms with Crippen molar-refractivity contribution in [3.63, 3.8) is 0 Å². The molecule has 0 bridgehead atoms. The molecule has 0 saturated heterocycles. The molecule has 1 aromatic carbocycles. The maximum Gasteiger partial charge on any atom is 0.259 e. The van der Waals surface area contributed by atoms with Gasteiger partial charge in [0.15, 0.2) is 0 Å². The number of fused-ring (bicyclic) bond motifs is 1. The summed E-state index contributed by atoms with van der Waals surface area (Å²) in [4.78, 5) is 21.6. The smallest absolute Gasteiger partial charge is 0.259 e. The molecule has 0 saturated carbocycles. The third-order valence-corrected chi connectivity index (χ3v) is 4.82. The van der Waals surface area contributed by atoms with Crippen molar-refractivity contribution in [2.24, 2.45) is 0 Å². The lowest BCUT2D eigenvalue weighted by atomic mass is 10.2. The highest BCUT2D eigenvalue weighted by molar-refractivity contribution is 6.36. The van der Waals surface area contributed by atoms with Crippen molar-refractivity contribution < 1.29 is 0 Å². The second-order valence-corrected chi connectivity index (χ2v) is 6.90. The summed E-state index contributed by atoms with van der Waals surface area (Å²) in [5, 5.41) is 1.12. The molecular formula is C17H20Cl2N4O. The first-order valence-electron chi connectivity index (χ1n) is 7.95. The SMILES string of the molecule is CCCN1CN(c2ccc(Cl)cc2Cl)c2nc(C)c(C)c(=O)n2C1. The summed E-state index contributed by atoms with van der Waals surface area (Å²) in [7, 11) is 0. The van der Waals surface area contributed by atoms with Crippen LogP contribution in [-0.2, 0) is 6.67 Å². The predicted molar refractivity (Wildman–Crippen MR) is 98.4 cm³/mol. The van der Waals surface area contributed by atoms with Gasteiger partial charge in [0.2, 0.25) is 5.95 Å². The van der Waals surface area contributed by atoms with Gasteiger partial charge in [0.1, 0.15) is 0 Å². The molecule has 7 heteroatoms. The molecule has 2 heterocycles. The molecule has 0 radical (unpaired) electrons. The van der Waals surface area contributed by atoms with Crippen LogP contribution in [0.5, 0.6) is 0 Å². The van der Waals surface area contributed by atoms with E-state index >= 15 is 0 Å².